The van der Waals surface area contributed by atoms with Crippen molar-refractivity contribution in [2.24, 2.45) is 5.10 Å². The van der Waals surface area contributed by atoms with Gasteiger partial charge in [0.2, 0.25) is 0 Å². The molecule has 0 saturated carbocycles. The molecule has 192 valence electrons. The van der Waals surface area contributed by atoms with Gasteiger partial charge in [-0.15, -0.1) is 0 Å². The van der Waals surface area contributed by atoms with Crippen LogP contribution in [0.15, 0.2) is 112 Å². The molecular formula is C27H19BrClN3O5S. The van der Waals surface area contributed by atoms with Gasteiger partial charge >= 0.3 is 5.97 Å². The van der Waals surface area contributed by atoms with Gasteiger partial charge in [0.05, 0.1) is 16.7 Å². The number of ether oxygens (including phenoxy) is 1. The van der Waals surface area contributed by atoms with Crippen molar-refractivity contribution in [2.75, 3.05) is 4.72 Å². The molecule has 0 spiro atoms. The van der Waals surface area contributed by atoms with Gasteiger partial charge in [0, 0.05) is 20.7 Å². The van der Waals surface area contributed by atoms with Crippen molar-refractivity contribution in [3.05, 3.63) is 123 Å². The number of halogens is 2. The molecule has 38 heavy (non-hydrogen) atoms. The van der Waals surface area contributed by atoms with Crippen LogP contribution in [0, 0.1) is 0 Å². The molecule has 4 aromatic carbocycles. The Bertz CT molecular complexity index is 1570. The topological polar surface area (TPSA) is 114 Å². The van der Waals surface area contributed by atoms with Crippen LogP contribution in [0.3, 0.4) is 0 Å². The molecule has 0 aliphatic heterocycles. The maximum atomic E-state index is 12.5. The number of carbonyl (C=O) groups is 2. The van der Waals surface area contributed by atoms with E-state index >= 15 is 0 Å². The van der Waals surface area contributed by atoms with Crippen LogP contribution in [0.5, 0.6) is 5.75 Å². The quantitative estimate of drug-likeness (QED) is 0.112. The minimum Gasteiger partial charge on any atom is -0.423 e. The molecule has 0 unspecified atom stereocenters. The average Bonchev–Trinajstić information content (AvgIpc) is 2.90. The zero-order valence-electron chi connectivity index (χ0n) is 19.5. The highest BCUT2D eigenvalue weighted by atomic mass is 79.9. The number of sulfonamides is 1. The third kappa shape index (κ3) is 7.28. The first-order chi connectivity index (χ1) is 18.2. The van der Waals surface area contributed by atoms with Gasteiger partial charge in [0.15, 0.2) is 0 Å². The van der Waals surface area contributed by atoms with E-state index in [0.717, 1.165) is 4.47 Å². The summed E-state index contributed by atoms with van der Waals surface area (Å²) in [6, 6.07) is 25.1. The highest BCUT2D eigenvalue weighted by Gasteiger charge is 2.14. The van der Waals surface area contributed by atoms with Crippen molar-refractivity contribution >= 4 is 61.3 Å². The highest BCUT2D eigenvalue weighted by molar-refractivity contribution is 9.10. The van der Waals surface area contributed by atoms with E-state index in [-0.39, 0.29) is 10.5 Å². The molecule has 0 radical (unpaired) electrons. The maximum Gasteiger partial charge on any atom is 0.343 e. The summed E-state index contributed by atoms with van der Waals surface area (Å²) < 4.78 is 33.6. The predicted molar refractivity (Wildman–Crippen MR) is 149 cm³/mol. The summed E-state index contributed by atoms with van der Waals surface area (Å²) in [6.45, 7) is 0. The number of nitrogens with one attached hydrogen (secondary N) is 2. The first-order valence-corrected chi connectivity index (χ1v) is 13.6. The summed E-state index contributed by atoms with van der Waals surface area (Å²) in [7, 11) is -3.80. The lowest BCUT2D eigenvalue weighted by molar-refractivity contribution is 0.0734. The Morgan fingerprint density at radius 1 is 0.816 bits per heavy atom. The number of amides is 1. The van der Waals surface area contributed by atoms with Crippen LogP contribution >= 0.6 is 27.5 Å². The van der Waals surface area contributed by atoms with E-state index in [9.17, 15) is 18.0 Å². The van der Waals surface area contributed by atoms with Crippen LogP contribution in [0.2, 0.25) is 5.02 Å². The van der Waals surface area contributed by atoms with Gasteiger partial charge < -0.3 is 4.74 Å². The summed E-state index contributed by atoms with van der Waals surface area (Å²) in [4.78, 5) is 24.7. The number of hydrazone groups is 1. The van der Waals surface area contributed by atoms with Gasteiger partial charge in [-0.1, -0.05) is 27.5 Å². The Morgan fingerprint density at radius 2 is 1.42 bits per heavy atom. The van der Waals surface area contributed by atoms with Crippen LogP contribution in [-0.2, 0) is 10.0 Å². The number of hydrogen-bond acceptors (Lipinski definition) is 6. The Labute approximate surface area is 232 Å². The molecule has 0 aliphatic rings. The van der Waals surface area contributed by atoms with Crippen LogP contribution in [0.1, 0.15) is 26.3 Å². The molecule has 8 nitrogen and oxygen atoms in total. The number of benzene rings is 4. The molecule has 0 aromatic heterocycles. The smallest absolute Gasteiger partial charge is 0.343 e. The Kier molecular flexibility index (Phi) is 8.57. The van der Waals surface area contributed by atoms with Gasteiger partial charge in [-0.25, -0.2) is 18.6 Å². The fourth-order valence-electron chi connectivity index (χ4n) is 3.12. The average molecular weight is 613 g/mol. The van der Waals surface area contributed by atoms with Crippen LogP contribution in [-0.4, -0.2) is 26.5 Å². The maximum absolute atomic E-state index is 12.5. The van der Waals surface area contributed by atoms with E-state index in [1.165, 1.54) is 54.7 Å². The summed E-state index contributed by atoms with van der Waals surface area (Å²) in [6.07, 6.45) is 1.44. The minimum atomic E-state index is -3.80. The van der Waals surface area contributed by atoms with Crippen molar-refractivity contribution in [1.29, 1.82) is 0 Å². The van der Waals surface area contributed by atoms with Gasteiger partial charge in [-0.05, 0) is 103 Å². The summed E-state index contributed by atoms with van der Waals surface area (Å²) in [5, 5.41) is 4.36. The highest BCUT2D eigenvalue weighted by Crippen LogP contribution is 2.19. The molecule has 0 bridgehead atoms. The lowest BCUT2D eigenvalue weighted by Crippen LogP contribution is -2.18. The molecule has 0 aliphatic carbocycles. The SMILES string of the molecule is O=C(N/N=C/c1ccc(OC(=O)c2ccc(Br)cc2)cc1)c1ccc(NS(=O)(=O)c2ccc(Cl)cc2)cc1. The largest absolute Gasteiger partial charge is 0.423 e. The zero-order valence-corrected chi connectivity index (χ0v) is 22.6. The molecule has 1 amide bonds. The summed E-state index contributed by atoms with van der Waals surface area (Å²) >= 11 is 9.12. The van der Waals surface area contributed by atoms with Crippen molar-refractivity contribution in [3.63, 3.8) is 0 Å². The van der Waals surface area contributed by atoms with Gasteiger partial charge in [-0.3, -0.25) is 9.52 Å². The normalized spacial score (nSPS) is 11.2. The lowest BCUT2D eigenvalue weighted by Gasteiger charge is -2.09. The standard InChI is InChI=1S/C27H19BrClN3O5S/c28-21-7-3-20(4-8-21)27(34)37-24-13-1-18(2-14-24)17-30-31-26(33)19-5-11-23(12-6-19)32-38(35,36)25-15-9-22(29)10-16-25/h1-17,32H,(H,31,33)/b30-17+. The lowest BCUT2D eigenvalue weighted by atomic mass is 10.2. The van der Waals surface area contributed by atoms with E-state index < -0.39 is 21.9 Å². The summed E-state index contributed by atoms with van der Waals surface area (Å²) in [5.41, 5.74) is 4.08. The van der Waals surface area contributed by atoms with Crippen molar-refractivity contribution < 1.29 is 22.7 Å². The zero-order chi connectivity index (χ0) is 27.1. The Hall–Kier alpha value is -3.99. The van der Waals surface area contributed by atoms with Crippen molar-refractivity contribution in [1.82, 2.24) is 5.43 Å². The number of esters is 1. The second-order valence-electron chi connectivity index (χ2n) is 7.80. The van der Waals surface area contributed by atoms with Crippen LogP contribution in [0.4, 0.5) is 5.69 Å². The van der Waals surface area contributed by atoms with Crippen molar-refractivity contribution in [2.45, 2.75) is 4.90 Å². The predicted octanol–water partition coefficient (Wildman–Crippen LogP) is 5.89. The molecule has 2 N–H and O–H groups in total. The molecule has 0 atom stereocenters. The molecular weight excluding hydrogens is 594 g/mol. The fourth-order valence-corrected chi connectivity index (χ4v) is 4.57. The number of carbonyl (C=O) groups excluding carboxylic acids is 2. The van der Waals surface area contributed by atoms with Gasteiger partial charge in [0.25, 0.3) is 15.9 Å². The van der Waals surface area contributed by atoms with E-state index in [2.05, 4.69) is 31.2 Å². The number of hydrogen-bond donors (Lipinski definition) is 2. The number of nitrogens with zero attached hydrogens (tertiary/aromatic N) is 1. The Balaban J connectivity index is 1.30. The molecule has 4 rings (SSSR count). The van der Waals surface area contributed by atoms with E-state index in [0.29, 0.717) is 27.6 Å². The van der Waals surface area contributed by atoms with E-state index in [4.69, 9.17) is 16.3 Å². The summed E-state index contributed by atoms with van der Waals surface area (Å²) in [5.74, 6) is -0.589. The minimum absolute atomic E-state index is 0.0637. The number of anilines is 1. The fraction of sp³-hybridized carbons (Fsp3) is 0. The molecule has 0 saturated heterocycles. The monoisotopic (exact) mass is 611 g/mol. The Morgan fingerprint density at radius 3 is 2.05 bits per heavy atom. The van der Waals surface area contributed by atoms with Crippen LogP contribution in [0.25, 0.3) is 0 Å². The van der Waals surface area contributed by atoms with Gasteiger partial charge in [-0.2, -0.15) is 5.10 Å². The molecule has 0 heterocycles. The van der Waals surface area contributed by atoms with Crippen LogP contribution < -0.4 is 14.9 Å². The number of rotatable bonds is 8. The van der Waals surface area contributed by atoms with Crippen molar-refractivity contribution in [3.8, 4) is 5.75 Å². The van der Waals surface area contributed by atoms with Gasteiger partial charge in [0.1, 0.15) is 5.75 Å². The second-order valence-corrected chi connectivity index (χ2v) is 10.8. The first kappa shape index (κ1) is 27.1. The third-order valence-corrected chi connectivity index (χ3v) is 7.25. The first-order valence-electron chi connectivity index (χ1n) is 11.0. The van der Waals surface area contributed by atoms with E-state index in [1.807, 2.05) is 0 Å². The molecule has 0 fully saturated rings. The molecule has 4 aromatic rings. The molecule has 11 heteroatoms. The third-order valence-electron chi connectivity index (χ3n) is 5.07. The second kappa shape index (κ2) is 12.0. The van der Waals surface area contributed by atoms with E-state index in [1.54, 1.807) is 48.5 Å².